The van der Waals surface area contributed by atoms with E-state index in [0.29, 0.717) is 30.4 Å². The summed E-state index contributed by atoms with van der Waals surface area (Å²) in [5.41, 5.74) is 5.13. The number of oxazole rings is 1. The summed E-state index contributed by atoms with van der Waals surface area (Å²) in [6.45, 7) is 13.9. The van der Waals surface area contributed by atoms with E-state index in [2.05, 4.69) is 42.0 Å². The average Bonchev–Trinajstić information content (AvgIpc) is 3.60. The van der Waals surface area contributed by atoms with Gasteiger partial charge in [-0.05, 0) is 44.5 Å². The molecule has 1 fully saturated rings. The molecule has 1 saturated heterocycles. The highest BCUT2D eigenvalue weighted by Crippen LogP contribution is 2.33. The number of hydrogen-bond donors (Lipinski definition) is 3. The van der Waals surface area contributed by atoms with Gasteiger partial charge in [0.2, 0.25) is 11.8 Å². The maximum atomic E-state index is 12.0. The molecule has 41 heavy (non-hydrogen) atoms. The Morgan fingerprint density at radius 2 is 2.02 bits per heavy atom. The van der Waals surface area contributed by atoms with Crippen molar-refractivity contribution in [3.63, 3.8) is 0 Å². The van der Waals surface area contributed by atoms with Crippen LogP contribution in [-0.2, 0) is 11.3 Å². The minimum absolute atomic E-state index is 0.325. The van der Waals surface area contributed by atoms with E-state index in [1.807, 2.05) is 69.3 Å². The standard InChI is InChI=1S/C23H25N7O3.C8H12/c1-2-25-23(31)29-22-27-19-11-16(15-4-3-5-24-12-15)10-18(20(19)28-22)21-26-13-17(33-21)14-30-6-8-32-9-7-30;1-4-5-6-7-8(2)3/h3-5,10-13H,2,6-9,14H2,1H3,(H3,25,27,28,29,31);4-7H,2H2,1,3H3/b;5-4-,7-6-. The molecule has 1 aliphatic rings. The van der Waals surface area contributed by atoms with Gasteiger partial charge in [-0.2, -0.15) is 0 Å². The Hall–Kier alpha value is -4.54. The van der Waals surface area contributed by atoms with Gasteiger partial charge in [-0.3, -0.25) is 15.2 Å². The number of benzene rings is 1. The van der Waals surface area contributed by atoms with Crippen molar-refractivity contribution in [1.29, 1.82) is 0 Å². The molecule has 0 aliphatic carbocycles. The zero-order chi connectivity index (χ0) is 29.0. The zero-order valence-electron chi connectivity index (χ0n) is 23.8. The summed E-state index contributed by atoms with van der Waals surface area (Å²) in [7, 11) is 0. The predicted molar refractivity (Wildman–Crippen MR) is 162 cm³/mol. The van der Waals surface area contributed by atoms with E-state index in [1.54, 1.807) is 18.6 Å². The van der Waals surface area contributed by atoms with Gasteiger partial charge >= 0.3 is 6.03 Å². The van der Waals surface area contributed by atoms with Gasteiger partial charge < -0.3 is 19.5 Å². The number of nitrogens with one attached hydrogen (secondary N) is 3. The monoisotopic (exact) mass is 555 g/mol. The summed E-state index contributed by atoms with van der Waals surface area (Å²) in [6.07, 6.45) is 13.2. The Balaban J connectivity index is 0.000000426. The quantitative estimate of drug-likeness (QED) is 0.230. The SMILES string of the molecule is C=C(C)/C=C\C=C/C.CCNC(=O)Nc1nc2c(-c3ncc(CN4CCOCC4)o3)cc(-c3cccnc3)cc2[nH]1. The summed E-state index contributed by atoms with van der Waals surface area (Å²) < 4.78 is 11.6. The first kappa shape index (κ1) is 29.4. The number of pyridine rings is 1. The van der Waals surface area contributed by atoms with Crippen molar-refractivity contribution in [2.45, 2.75) is 27.3 Å². The minimum atomic E-state index is -0.325. The third kappa shape index (κ3) is 8.47. The molecule has 10 nitrogen and oxygen atoms in total. The Kier molecular flexibility index (Phi) is 10.6. The fourth-order valence-corrected chi connectivity index (χ4v) is 4.17. The average molecular weight is 556 g/mol. The number of anilines is 1. The van der Waals surface area contributed by atoms with Crippen LogP contribution in [0.15, 0.2) is 83.7 Å². The molecule has 0 radical (unpaired) electrons. The van der Waals surface area contributed by atoms with Crippen molar-refractivity contribution in [1.82, 2.24) is 30.2 Å². The smallest absolute Gasteiger partial charge is 0.321 e. The molecule has 214 valence electrons. The van der Waals surface area contributed by atoms with Crippen molar-refractivity contribution in [3.05, 3.63) is 85.1 Å². The molecule has 0 saturated carbocycles. The number of fused-ring (bicyclic) bond motifs is 1. The van der Waals surface area contributed by atoms with Crippen LogP contribution in [0.4, 0.5) is 10.7 Å². The van der Waals surface area contributed by atoms with E-state index in [1.165, 1.54) is 0 Å². The molecule has 1 aliphatic heterocycles. The summed E-state index contributed by atoms with van der Waals surface area (Å²) in [5.74, 6) is 1.61. The number of imidazole rings is 1. The molecule has 0 unspecified atom stereocenters. The molecule has 1 aromatic carbocycles. The Morgan fingerprint density at radius 3 is 2.73 bits per heavy atom. The number of aromatic nitrogens is 4. The van der Waals surface area contributed by atoms with Crippen LogP contribution in [-0.4, -0.2) is 63.7 Å². The maximum Gasteiger partial charge on any atom is 0.321 e. The molecule has 3 aromatic heterocycles. The molecule has 3 N–H and O–H groups in total. The van der Waals surface area contributed by atoms with Gasteiger partial charge in [0.25, 0.3) is 0 Å². The maximum absolute atomic E-state index is 12.0. The topological polar surface area (TPSA) is 121 Å². The lowest BCUT2D eigenvalue weighted by molar-refractivity contribution is 0.0314. The summed E-state index contributed by atoms with van der Waals surface area (Å²) in [6, 6.07) is 7.51. The lowest BCUT2D eigenvalue weighted by atomic mass is 10.0. The normalized spacial score (nSPS) is 13.8. The first-order chi connectivity index (χ1) is 20.0. The van der Waals surface area contributed by atoms with E-state index < -0.39 is 0 Å². The second-order valence-electron chi connectivity index (χ2n) is 9.48. The molecule has 0 bridgehead atoms. The van der Waals surface area contributed by atoms with Gasteiger partial charge in [-0.15, -0.1) is 0 Å². The lowest BCUT2D eigenvalue weighted by Crippen LogP contribution is -2.35. The van der Waals surface area contributed by atoms with Crippen LogP contribution in [0.2, 0.25) is 0 Å². The lowest BCUT2D eigenvalue weighted by Gasteiger charge is -2.25. The van der Waals surface area contributed by atoms with Crippen LogP contribution in [0.1, 0.15) is 26.5 Å². The molecule has 0 atom stereocenters. The van der Waals surface area contributed by atoms with Crippen molar-refractivity contribution in [2.75, 3.05) is 38.2 Å². The Labute approximate surface area is 240 Å². The molecule has 10 heteroatoms. The Morgan fingerprint density at radius 1 is 1.20 bits per heavy atom. The zero-order valence-corrected chi connectivity index (χ0v) is 23.8. The van der Waals surface area contributed by atoms with Gasteiger partial charge in [-0.25, -0.2) is 14.8 Å². The summed E-state index contributed by atoms with van der Waals surface area (Å²) in [5, 5.41) is 5.43. The molecular formula is C31H37N7O3. The fraction of sp³-hybridized carbons (Fsp3) is 0.290. The largest absolute Gasteiger partial charge is 0.440 e. The van der Waals surface area contributed by atoms with E-state index in [4.69, 9.17) is 9.15 Å². The number of hydrogen-bond acceptors (Lipinski definition) is 7. The van der Waals surface area contributed by atoms with Crippen molar-refractivity contribution < 1.29 is 13.9 Å². The highest BCUT2D eigenvalue weighted by molar-refractivity contribution is 5.97. The third-order valence-corrected chi connectivity index (χ3v) is 6.10. The predicted octanol–water partition coefficient (Wildman–Crippen LogP) is 5.95. The van der Waals surface area contributed by atoms with Crippen LogP contribution < -0.4 is 10.6 Å². The van der Waals surface area contributed by atoms with E-state index >= 15 is 0 Å². The first-order valence-corrected chi connectivity index (χ1v) is 13.7. The van der Waals surface area contributed by atoms with Crippen LogP contribution in [0.3, 0.4) is 0 Å². The Bertz CT molecular complexity index is 1500. The number of carbonyl (C=O) groups is 1. The van der Waals surface area contributed by atoms with Crippen LogP contribution in [0.5, 0.6) is 0 Å². The van der Waals surface area contributed by atoms with Gasteiger partial charge in [0, 0.05) is 37.6 Å². The number of rotatable bonds is 8. The van der Waals surface area contributed by atoms with E-state index in [9.17, 15) is 4.79 Å². The summed E-state index contributed by atoms with van der Waals surface area (Å²) >= 11 is 0. The highest BCUT2D eigenvalue weighted by Gasteiger charge is 2.19. The number of aromatic amines is 1. The van der Waals surface area contributed by atoms with Crippen LogP contribution >= 0.6 is 0 Å². The number of amides is 2. The number of nitrogens with zero attached hydrogens (tertiary/aromatic N) is 4. The van der Waals surface area contributed by atoms with Gasteiger partial charge in [0.15, 0.2) is 0 Å². The second-order valence-corrected chi connectivity index (χ2v) is 9.48. The molecule has 2 amide bonds. The molecule has 4 heterocycles. The number of H-pyrrole nitrogens is 1. The number of ether oxygens (including phenoxy) is 1. The minimum Gasteiger partial charge on any atom is -0.440 e. The fourth-order valence-electron chi connectivity index (χ4n) is 4.17. The highest BCUT2D eigenvalue weighted by atomic mass is 16.5. The van der Waals surface area contributed by atoms with Gasteiger partial charge in [0.05, 0.1) is 37.0 Å². The number of urea groups is 1. The van der Waals surface area contributed by atoms with Crippen LogP contribution in [0, 0.1) is 0 Å². The molecule has 5 rings (SSSR count). The number of morpholine rings is 1. The van der Waals surface area contributed by atoms with Gasteiger partial charge in [-0.1, -0.05) is 42.5 Å². The number of allylic oxidation sites excluding steroid dienone is 5. The molecular weight excluding hydrogens is 518 g/mol. The van der Waals surface area contributed by atoms with E-state index in [0.717, 1.165) is 59.8 Å². The van der Waals surface area contributed by atoms with E-state index in [-0.39, 0.29) is 6.03 Å². The van der Waals surface area contributed by atoms with Gasteiger partial charge in [0.1, 0.15) is 11.3 Å². The molecule has 4 aromatic rings. The molecule has 0 spiro atoms. The van der Waals surface area contributed by atoms with Crippen molar-refractivity contribution in [3.8, 4) is 22.6 Å². The van der Waals surface area contributed by atoms with Crippen molar-refractivity contribution in [2.24, 2.45) is 0 Å². The second kappa shape index (κ2) is 14.7. The number of carbonyl (C=O) groups excluding carboxylic acids is 1. The van der Waals surface area contributed by atoms with Crippen LogP contribution in [0.25, 0.3) is 33.6 Å². The third-order valence-electron chi connectivity index (χ3n) is 6.10. The first-order valence-electron chi connectivity index (χ1n) is 13.7. The van der Waals surface area contributed by atoms with Crippen molar-refractivity contribution >= 4 is 23.0 Å². The summed E-state index contributed by atoms with van der Waals surface area (Å²) in [4.78, 5) is 30.8.